The average molecular weight is 301 g/mol. The van der Waals surface area contributed by atoms with Gasteiger partial charge in [-0.15, -0.1) is 0 Å². The number of phenols is 1. The summed E-state index contributed by atoms with van der Waals surface area (Å²) in [6, 6.07) is 15.1. The summed E-state index contributed by atoms with van der Waals surface area (Å²) in [7, 11) is 0. The number of aromatic hydroxyl groups is 1. The third-order valence-corrected chi connectivity index (χ3v) is 3.43. The summed E-state index contributed by atoms with van der Waals surface area (Å²) in [6.45, 7) is -0.565. The number of phenolic OH excluding ortho intramolecular Hbond substituents is 1. The molecule has 2 aromatic rings. The minimum atomic E-state index is -0.767. The number of carbonyl (C=O) groups excluding carboxylic acids is 1. The number of hydrogen-bond acceptors (Lipinski definition) is 5. The zero-order valence-corrected chi connectivity index (χ0v) is 12.2. The fourth-order valence-electron chi connectivity index (χ4n) is 1.88. The Morgan fingerprint density at radius 1 is 1.14 bits per heavy atom. The zero-order chi connectivity index (χ0) is 15.2. The van der Waals surface area contributed by atoms with Crippen LogP contribution in [-0.4, -0.2) is 29.8 Å². The molecule has 0 saturated heterocycles. The van der Waals surface area contributed by atoms with E-state index in [9.17, 15) is 9.90 Å². The standard InChI is InChI=1S/C15H16BNO3S/c17-14(10-21)15(19)20-16(11-4-2-1-3-5-11)12-6-8-13(18)9-7-12/h1-9,14,18,21H,10,17H2. The Bertz CT molecular complexity index is 592. The van der Waals surface area contributed by atoms with Gasteiger partial charge in [0.15, 0.2) is 0 Å². The van der Waals surface area contributed by atoms with Crippen LogP contribution in [0.25, 0.3) is 0 Å². The third-order valence-electron chi connectivity index (χ3n) is 3.03. The molecule has 0 bridgehead atoms. The number of thiol groups is 1. The van der Waals surface area contributed by atoms with Crippen molar-refractivity contribution in [3.8, 4) is 5.75 Å². The van der Waals surface area contributed by atoms with Crippen LogP contribution in [0.5, 0.6) is 5.75 Å². The summed E-state index contributed by atoms with van der Waals surface area (Å²) in [5.41, 5.74) is 7.25. The number of carbonyl (C=O) groups is 1. The van der Waals surface area contributed by atoms with Gasteiger partial charge in [-0.1, -0.05) is 42.5 Å². The number of rotatable bonds is 5. The molecule has 0 amide bonds. The Morgan fingerprint density at radius 3 is 2.29 bits per heavy atom. The molecule has 0 aliphatic rings. The maximum absolute atomic E-state index is 12.0. The Balaban J connectivity index is 2.31. The lowest BCUT2D eigenvalue weighted by Crippen LogP contribution is -2.49. The minimum Gasteiger partial charge on any atom is -0.525 e. The van der Waals surface area contributed by atoms with Crippen LogP contribution in [0.2, 0.25) is 0 Å². The van der Waals surface area contributed by atoms with Crippen molar-refractivity contribution in [3.63, 3.8) is 0 Å². The monoisotopic (exact) mass is 301 g/mol. The van der Waals surface area contributed by atoms with Gasteiger partial charge in [-0.3, -0.25) is 4.79 Å². The molecule has 1 unspecified atom stereocenters. The molecule has 0 saturated carbocycles. The second-order valence-corrected chi connectivity index (χ2v) is 4.97. The Hall–Kier alpha value is -1.92. The van der Waals surface area contributed by atoms with Crippen molar-refractivity contribution >= 4 is 36.4 Å². The summed E-state index contributed by atoms with van der Waals surface area (Å²) >= 11 is 4.01. The Kier molecular flexibility index (Phi) is 5.30. The first-order chi connectivity index (χ1) is 10.1. The van der Waals surface area contributed by atoms with Crippen molar-refractivity contribution in [2.75, 3.05) is 5.75 Å². The molecule has 0 fully saturated rings. The normalized spacial score (nSPS) is 11.7. The largest absolute Gasteiger partial charge is 0.525 e. The molecule has 1 atom stereocenters. The molecule has 0 aromatic heterocycles. The molecule has 2 rings (SSSR count). The first-order valence-electron chi connectivity index (χ1n) is 6.52. The van der Waals surface area contributed by atoms with Crippen molar-refractivity contribution in [1.29, 1.82) is 0 Å². The lowest BCUT2D eigenvalue weighted by molar-refractivity contribution is -0.135. The minimum absolute atomic E-state index is 0.156. The van der Waals surface area contributed by atoms with E-state index in [1.807, 2.05) is 30.3 Å². The van der Waals surface area contributed by atoms with Gasteiger partial charge in [0.05, 0.1) is 0 Å². The van der Waals surface area contributed by atoms with E-state index in [-0.39, 0.29) is 11.5 Å². The summed E-state index contributed by atoms with van der Waals surface area (Å²) < 4.78 is 5.52. The Morgan fingerprint density at radius 2 is 1.71 bits per heavy atom. The van der Waals surface area contributed by atoms with E-state index in [1.165, 1.54) is 0 Å². The van der Waals surface area contributed by atoms with Crippen LogP contribution in [0.1, 0.15) is 0 Å². The molecule has 108 valence electrons. The first kappa shape index (κ1) is 15.5. The molecule has 4 nitrogen and oxygen atoms in total. The number of hydrogen-bond donors (Lipinski definition) is 3. The molecule has 0 aliphatic carbocycles. The van der Waals surface area contributed by atoms with Gasteiger partial charge < -0.3 is 15.5 Å². The summed E-state index contributed by atoms with van der Waals surface area (Å²) in [4.78, 5) is 12.0. The van der Waals surface area contributed by atoms with Gasteiger partial charge in [-0.2, -0.15) is 12.6 Å². The molecule has 6 heteroatoms. The van der Waals surface area contributed by atoms with Crippen molar-refractivity contribution < 1.29 is 14.6 Å². The topological polar surface area (TPSA) is 72.6 Å². The van der Waals surface area contributed by atoms with Crippen LogP contribution in [0.4, 0.5) is 0 Å². The highest BCUT2D eigenvalue weighted by Crippen LogP contribution is 2.05. The van der Waals surface area contributed by atoms with Gasteiger partial charge in [0, 0.05) is 5.75 Å². The Labute approximate surface area is 129 Å². The molecule has 0 aliphatic heterocycles. The highest BCUT2D eigenvalue weighted by atomic mass is 32.1. The zero-order valence-electron chi connectivity index (χ0n) is 11.3. The fraction of sp³-hybridized carbons (Fsp3) is 0.133. The van der Waals surface area contributed by atoms with E-state index in [0.29, 0.717) is 0 Å². The van der Waals surface area contributed by atoms with Crippen LogP contribution in [0.15, 0.2) is 54.6 Å². The lowest BCUT2D eigenvalue weighted by Gasteiger charge is -2.17. The lowest BCUT2D eigenvalue weighted by atomic mass is 9.55. The number of nitrogens with two attached hydrogens (primary N) is 1. The molecular formula is C15H16BNO3S. The molecule has 0 heterocycles. The van der Waals surface area contributed by atoms with E-state index in [0.717, 1.165) is 10.9 Å². The van der Waals surface area contributed by atoms with Crippen molar-refractivity contribution in [3.05, 3.63) is 54.6 Å². The van der Waals surface area contributed by atoms with Crippen LogP contribution < -0.4 is 16.7 Å². The van der Waals surface area contributed by atoms with Crippen molar-refractivity contribution in [1.82, 2.24) is 0 Å². The summed E-state index contributed by atoms with van der Waals surface area (Å²) in [6.07, 6.45) is 0. The molecule has 3 N–H and O–H groups in total. The molecule has 21 heavy (non-hydrogen) atoms. The quantitative estimate of drug-likeness (QED) is 0.548. The SMILES string of the molecule is NC(CS)C(=O)OB(c1ccccc1)c1ccc(O)cc1. The molecular weight excluding hydrogens is 285 g/mol. The van der Waals surface area contributed by atoms with Gasteiger partial charge >= 0.3 is 12.9 Å². The number of benzene rings is 2. The van der Waals surface area contributed by atoms with Gasteiger partial charge in [0.25, 0.3) is 0 Å². The van der Waals surface area contributed by atoms with Gasteiger partial charge in [0.1, 0.15) is 11.8 Å². The highest BCUT2D eigenvalue weighted by Gasteiger charge is 2.27. The second-order valence-electron chi connectivity index (χ2n) is 4.61. The molecule has 2 aromatic carbocycles. The van der Waals surface area contributed by atoms with E-state index >= 15 is 0 Å². The van der Waals surface area contributed by atoms with Crippen LogP contribution in [0, 0.1) is 0 Å². The fourth-order valence-corrected chi connectivity index (χ4v) is 2.03. The van der Waals surface area contributed by atoms with Crippen molar-refractivity contribution in [2.45, 2.75) is 6.04 Å². The predicted molar refractivity (Wildman–Crippen MR) is 87.5 cm³/mol. The van der Waals surface area contributed by atoms with E-state index in [2.05, 4.69) is 12.6 Å². The molecule has 0 spiro atoms. The van der Waals surface area contributed by atoms with Crippen LogP contribution in [0.3, 0.4) is 0 Å². The highest BCUT2D eigenvalue weighted by molar-refractivity contribution is 7.80. The van der Waals surface area contributed by atoms with Gasteiger partial charge in [-0.05, 0) is 23.1 Å². The summed E-state index contributed by atoms with van der Waals surface area (Å²) in [5, 5.41) is 9.38. The third kappa shape index (κ3) is 4.03. The second kappa shape index (κ2) is 7.20. The van der Waals surface area contributed by atoms with Gasteiger partial charge in [-0.25, -0.2) is 0 Å². The average Bonchev–Trinajstić information content (AvgIpc) is 2.53. The van der Waals surface area contributed by atoms with Crippen molar-refractivity contribution in [2.24, 2.45) is 5.73 Å². The molecule has 0 radical (unpaired) electrons. The summed E-state index contributed by atoms with van der Waals surface area (Å²) in [5.74, 6) is -0.133. The van der Waals surface area contributed by atoms with Gasteiger partial charge in [0.2, 0.25) is 0 Å². The first-order valence-corrected chi connectivity index (χ1v) is 7.16. The maximum atomic E-state index is 12.0. The van der Waals surface area contributed by atoms with Crippen LogP contribution >= 0.6 is 12.6 Å². The van der Waals surface area contributed by atoms with E-state index < -0.39 is 18.9 Å². The smallest absolute Gasteiger partial charge is 0.429 e. The van der Waals surface area contributed by atoms with Crippen LogP contribution in [-0.2, 0) is 9.45 Å². The van der Waals surface area contributed by atoms with E-state index in [4.69, 9.17) is 10.4 Å². The maximum Gasteiger partial charge on any atom is 0.429 e. The van der Waals surface area contributed by atoms with E-state index in [1.54, 1.807) is 24.3 Å². The predicted octanol–water partition coefficient (Wildman–Crippen LogP) is 0.298.